The lowest BCUT2D eigenvalue weighted by Crippen LogP contribution is -2.18. The third-order valence-electron chi connectivity index (χ3n) is 2.44. The Labute approximate surface area is 113 Å². The minimum atomic E-state index is -0.510. The van der Waals surface area contributed by atoms with Crippen LogP contribution in [0.5, 0.6) is 5.75 Å². The van der Waals surface area contributed by atoms with Crippen LogP contribution in [-0.4, -0.2) is 23.1 Å². The number of fused-ring (bicyclic) bond motifs is 1. The van der Waals surface area contributed by atoms with Gasteiger partial charge in [0.1, 0.15) is 12.4 Å². The Kier molecular flexibility index (Phi) is 4.26. The molecule has 2 aromatic carbocycles. The van der Waals surface area contributed by atoms with Crippen molar-refractivity contribution in [3.63, 3.8) is 0 Å². The fourth-order valence-electron chi connectivity index (χ4n) is 1.59. The molecule has 2 rings (SSSR count). The van der Waals surface area contributed by atoms with Gasteiger partial charge in [-0.15, -0.1) is 0 Å². The second-order valence-corrected chi connectivity index (χ2v) is 4.76. The molecule has 0 aliphatic rings. The zero-order valence-corrected chi connectivity index (χ0v) is 11.4. The Hall–Kier alpha value is -0.770. The maximum Gasteiger partial charge on any atom is 0.127 e. The summed E-state index contributed by atoms with van der Waals surface area (Å²) in [5.41, 5.74) is 0. The normalized spacial score (nSPS) is 12.6. The standard InChI is InChI=1S/C13H12BrClO2/c14-7-9(16)8-17-13-6-5-12(15)10-3-1-2-4-11(10)13/h1-6,9,16H,7-8H2. The second-order valence-electron chi connectivity index (χ2n) is 3.71. The first-order chi connectivity index (χ1) is 8.22. The second kappa shape index (κ2) is 5.71. The van der Waals surface area contributed by atoms with Crippen LogP contribution in [0.15, 0.2) is 36.4 Å². The molecule has 0 aromatic heterocycles. The summed E-state index contributed by atoms with van der Waals surface area (Å²) in [5.74, 6) is 0.741. The highest BCUT2D eigenvalue weighted by Gasteiger charge is 2.07. The molecular weight excluding hydrogens is 303 g/mol. The minimum absolute atomic E-state index is 0.261. The molecule has 0 spiro atoms. The summed E-state index contributed by atoms with van der Waals surface area (Å²) < 4.78 is 5.59. The summed E-state index contributed by atoms with van der Waals surface area (Å²) in [4.78, 5) is 0. The molecule has 1 atom stereocenters. The van der Waals surface area contributed by atoms with Crippen molar-refractivity contribution in [3.8, 4) is 5.75 Å². The summed E-state index contributed by atoms with van der Waals surface area (Å²) in [6, 6.07) is 11.4. The van der Waals surface area contributed by atoms with Crippen molar-refractivity contribution in [3.05, 3.63) is 41.4 Å². The highest BCUT2D eigenvalue weighted by Crippen LogP contribution is 2.31. The largest absolute Gasteiger partial charge is 0.490 e. The predicted octanol–water partition coefficient (Wildman–Crippen LogP) is 3.63. The maximum absolute atomic E-state index is 9.45. The lowest BCUT2D eigenvalue weighted by Gasteiger charge is -2.12. The van der Waals surface area contributed by atoms with E-state index in [0.717, 1.165) is 16.5 Å². The van der Waals surface area contributed by atoms with E-state index in [-0.39, 0.29) is 6.61 Å². The summed E-state index contributed by atoms with van der Waals surface area (Å²) in [7, 11) is 0. The van der Waals surface area contributed by atoms with Crippen molar-refractivity contribution < 1.29 is 9.84 Å². The Morgan fingerprint density at radius 3 is 2.59 bits per heavy atom. The molecule has 0 heterocycles. The third kappa shape index (κ3) is 2.92. The molecule has 1 unspecified atom stereocenters. The number of halogens is 2. The van der Waals surface area contributed by atoms with Crippen LogP contribution in [0.25, 0.3) is 10.8 Å². The van der Waals surface area contributed by atoms with E-state index in [2.05, 4.69) is 15.9 Å². The fraction of sp³-hybridized carbons (Fsp3) is 0.231. The highest BCUT2D eigenvalue weighted by molar-refractivity contribution is 9.09. The zero-order valence-electron chi connectivity index (χ0n) is 9.07. The molecule has 17 heavy (non-hydrogen) atoms. The van der Waals surface area contributed by atoms with Crippen LogP contribution in [0.3, 0.4) is 0 Å². The van der Waals surface area contributed by atoms with Gasteiger partial charge >= 0.3 is 0 Å². The van der Waals surface area contributed by atoms with Crippen LogP contribution in [0.2, 0.25) is 5.02 Å². The van der Waals surface area contributed by atoms with E-state index in [0.29, 0.717) is 10.4 Å². The van der Waals surface area contributed by atoms with Gasteiger partial charge in [-0.05, 0) is 12.1 Å². The number of hydrogen-bond donors (Lipinski definition) is 1. The SMILES string of the molecule is OC(CBr)COc1ccc(Cl)c2ccccc12. The van der Waals surface area contributed by atoms with Crippen molar-refractivity contribution in [2.24, 2.45) is 0 Å². The van der Waals surface area contributed by atoms with Gasteiger partial charge in [-0.2, -0.15) is 0 Å². The van der Waals surface area contributed by atoms with E-state index in [1.54, 1.807) is 6.07 Å². The van der Waals surface area contributed by atoms with E-state index in [1.807, 2.05) is 30.3 Å². The average molecular weight is 316 g/mol. The lowest BCUT2D eigenvalue weighted by molar-refractivity contribution is 0.128. The van der Waals surface area contributed by atoms with Crippen LogP contribution in [0.4, 0.5) is 0 Å². The Bertz CT molecular complexity index is 516. The van der Waals surface area contributed by atoms with Crippen molar-refractivity contribution in [2.75, 3.05) is 11.9 Å². The molecule has 0 bridgehead atoms. The van der Waals surface area contributed by atoms with Crippen molar-refractivity contribution >= 4 is 38.3 Å². The van der Waals surface area contributed by atoms with E-state index in [9.17, 15) is 5.11 Å². The molecule has 0 aliphatic carbocycles. The van der Waals surface area contributed by atoms with Gasteiger partial charge < -0.3 is 9.84 Å². The molecule has 2 aromatic rings. The fourth-order valence-corrected chi connectivity index (χ4v) is 2.01. The van der Waals surface area contributed by atoms with Gasteiger partial charge in [-0.25, -0.2) is 0 Å². The summed E-state index contributed by atoms with van der Waals surface area (Å²) in [6.45, 7) is 0.261. The maximum atomic E-state index is 9.45. The number of ether oxygens (including phenoxy) is 1. The van der Waals surface area contributed by atoms with E-state index < -0.39 is 6.10 Å². The van der Waals surface area contributed by atoms with Gasteiger partial charge in [0.05, 0.1) is 6.10 Å². The van der Waals surface area contributed by atoms with Crippen LogP contribution >= 0.6 is 27.5 Å². The molecule has 0 fully saturated rings. The first-order valence-corrected chi connectivity index (χ1v) is 6.76. The van der Waals surface area contributed by atoms with Gasteiger partial charge in [0.15, 0.2) is 0 Å². The topological polar surface area (TPSA) is 29.5 Å². The molecule has 90 valence electrons. The number of hydrogen-bond acceptors (Lipinski definition) is 2. The summed E-state index contributed by atoms with van der Waals surface area (Å²) >= 11 is 9.31. The van der Waals surface area contributed by atoms with E-state index in [1.165, 1.54) is 0 Å². The molecule has 0 saturated heterocycles. The Morgan fingerprint density at radius 2 is 1.88 bits per heavy atom. The monoisotopic (exact) mass is 314 g/mol. The molecule has 1 N–H and O–H groups in total. The van der Waals surface area contributed by atoms with Gasteiger partial charge in [0, 0.05) is 21.1 Å². The quantitative estimate of drug-likeness (QED) is 0.873. The summed E-state index contributed by atoms with van der Waals surface area (Å²) in [6.07, 6.45) is -0.510. The van der Waals surface area contributed by atoms with Gasteiger partial charge in [0.2, 0.25) is 0 Å². The predicted molar refractivity (Wildman–Crippen MR) is 74.3 cm³/mol. The zero-order chi connectivity index (χ0) is 12.3. The molecule has 0 radical (unpaired) electrons. The number of rotatable bonds is 4. The van der Waals surface area contributed by atoms with Crippen LogP contribution in [-0.2, 0) is 0 Å². The molecule has 0 saturated carbocycles. The number of aliphatic hydroxyl groups is 1. The van der Waals surface area contributed by atoms with Crippen molar-refractivity contribution in [2.45, 2.75) is 6.10 Å². The van der Waals surface area contributed by atoms with E-state index in [4.69, 9.17) is 16.3 Å². The molecule has 0 aliphatic heterocycles. The third-order valence-corrected chi connectivity index (χ3v) is 3.52. The first kappa shape index (κ1) is 12.7. The smallest absolute Gasteiger partial charge is 0.127 e. The molecular formula is C13H12BrClO2. The van der Waals surface area contributed by atoms with Crippen molar-refractivity contribution in [1.82, 2.24) is 0 Å². The van der Waals surface area contributed by atoms with Gasteiger partial charge in [-0.1, -0.05) is 51.8 Å². The Balaban J connectivity index is 2.32. The van der Waals surface area contributed by atoms with E-state index >= 15 is 0 Å². The highest BCUT2D eigenvalue weighted by atomic mass is 79.9. The van der Waals surface area contributed by atoms with Crippen molar-refractivity contribution in [1.29, 1.82) is 0 Å². The summed E-state index contributed by atoms with van der Waals surface area (Å²) in [5, 5.41) is 12.6. The van der Waals surface area contributed by atoms with Gasteiger partial charge in [-0.3, -0.25) is 0 Å². The van der Waals surface area contributed by atoms with Crippen LogP contribution in [0, 0.1) is 0 Å². The molecule has 4 heteroatoms. The minimum Gasteiger partial charge on any atom is -0.490 e. The average Bonchev–Trinajstić information content (AvgIpc) is 2.38. The molecule has 0 amide bonds. The number of alkyl halides is 1. The lowest BCUT2D eigenvalue weighted by atomic mass is 10.1. The first-order valence-electron chi connectivity index (χ1n) is 5.26. The Morgan fingerprint density at radius 1 is 1.18 bits per heavy atom. The van der Waals surface area contributed by atoms with Crippen LogP contribution in [0.1, 0.15) is 0 Å². The number of aliphatic hydroxyl groups excluding tert-OH is 1. The van der Waals surface area contributed by atoms with Crippen LogP contribution < -0.4 is 4.74 Å². The number of benzene rings is 2. The molecule has 2 nitrogen and oxygen atoms in total. The van der Waals surface area contributed by atoms with Gasteiger partial charge in [0.25, 0.3) is 0 Å².